The molecule has 0 aromatic heterocycles. The molecule has 3 rings (SSSR count). The van der Waals surface area contributed by atoms with E-state index in [1.807, 2.05) is 6.07 Å². The molecule has 0 bridgehead atoms. The summed E-state index contributed by atoms with van der Waals surface area (Å²) in [7, 11) is 0. The standard InChI is InChI=1S/C20H24O2/c1-4-5-6-7-15-11-18(21)20-17-10-13(2)8-9-16(17)14(3)22-19(20)12-15/h8-12,14,21H,4-7H2,1-3H3. The van der Waals surface area contributed by atoms with Crippen LogP contribution in [0.5, 0.6) is 11.5 Å². The number of fused-ring (bicyclic) bond motifs is 3. The molecule has 2 aromatic rings. The van der Waals surface area contributed by atoms with Crippen LogP contribution in [0.25, 0.3) is 11.1 Å². The molecule has 22 heavy (non-hydrogen) atoms. The lowest BCUT2D eigenvalue weighted by Gasteiger charge is -2.28. The van der Waals surface area contributed by atoms with Gasteiger partial charge in [0.1, 0.15) is 17.6 Å². The average Bonchev–Trinajstić information content (AvgIpc) is 2.46. The maximum absolute atomic E-state index is 10.5. The van der Waals surface area contributed by atoms with Gasteiger partial charge in [-0.25, -0.2) is 0 Å². The zero-order chi connectivity index (χ0) is 15.7. The summed E-state index contributed by atoms with van der Waals surface area (Å²) < 4.78 is 6.07. The summed E-state index contributed by atoms with van der Waals surface area (Å²) in [6.07, 6.45) is 4.59. The van der Waals surface area contributed by atoms with Crippen LogP contribution >= 0.6 is 0 Å². The van der Waals surface area contributed by atoms with Gasteiger partial charge in [-0.05, 0) is 49.9 Å². The maximum Gasteiger partial charge on any atom is 0.132 e. The van der Waals surface area contributed by atoms with Crippen molar-refractivity contribution in [2.45, 2.75) is 52.6 Å². The van der Waals surface area contributed by atoms with Gasteiger partial charge < -0.3 is 9.84 Å². The van der Waals surface area contributed by atoms with Crippen molar-refractivity contribution in [3.8, 4) is 22.6 Å². The number of phenolic OH excluding ortho intramolecular Hbond substituents is 1. The molecule has 0 saturated carbocycles. The van der Waals surface area contributed by atoms with Crippen molar-refractivity contribution < 1.29 is 9.84 Å². The number of aryl methyl sites for hydroxylation is 2. The minimum absolute atomic E-state index is 0.0217. The highest BCUT2D eigenvalue weighted by Crippen LogP contribution is 2.47. The fraction of sp³-hybridized carbons (Fsp3) is 0.400. The highest BCUT2D eigenvalue weighted by atomic mass is 16.5. The predicted molar refractivity (Wildman–Crippen MR) is 90.6 cm³/mol. The zero-order valence-electron chi connectivity index (χ0n) is 13.6. The Balaban J connectivity index is 2.03. The summed E-state index contributed by atoms with van der Waals surface area (Å²) in [6, 6.07) is 10.4. The molecule has 0 saturated heterocycles. The summed E-state index contributed by atoms with van der Waals surface area (Å²) in [4.78, 5) is 0. The lowest BCUT2D eigenvalue weighted by Crippen LogP contribution is -2.11. The SMILES string of the molecule is CCCCCc1cc(O)c2c(c1)OC(C)c1ccc(C)cc1-2. The van der Waals surface area contributed by atoms with Crippen molar-refractivity contribution in [2.75, 3.05) is 0 Å². The fourth-order valence-corrected chi connectivity index (χ4v) is 3.24. The van der Waals surface area contributed by atoms with Gasteiger partial charge in [0, 0.05) is 5.56 Å². The van der Waals surface area contributed by atoms with Crippen LogP contribution in [0.3, 0.4) is 0 Å². The van der Waals surface area contributed by atoms with E-state index >= 15 is 0 Å². The largest absolute Gasteiger partial charge is 0.507 e. The summed E-state index contributed by atoms with van der Waals surface area (Å²) in [5.41, 5.74) is 5.45. The molecule has 1 atom stereocenters. The van der Waals surface area contributed by atoms with E-state index in [1.165, 1.54) is 18.4 Å². The number of ether oxygens (including phenoxy) is 1. The Bertz CT molecular complexity index is 688. The summed E-state index contributed by atoms with van der Waals surface area (Å²) >= 11 is 0. The van der Waals surface area contributed by atoms with Gasteiger partial charge in [-0.2, -0.15) is 0 Å². The van der Waals surface area contributed by atoms with E-state index in [0.717, 1.165) is 40.8 Å². The predicted octanol–water partition coefficient (Wildman–Crippen LogP) is 5.55. The number of rotatable bonds is 4. The molecule has 2 aromatic carbocycles. The minimum atomic E-state index is 0.0217. The maximum atomic E-state index is 10.5. The molecule has 2 nitrogen and oxygen atoms in total. The Hall–Kier alpha value is -1.96. The van der Waals surface area contributed by atoms with Crippen molar-refractivity contribution in [1.82, 2.24) is 0 Å². The molecule has 0 amide bonds. The lowest BCUT2D eigenvalue weighted by atomic mass is 9.90. The smallest absolute Gasteiger partial charge is 0.132 e. The molecule has 0 spiro atoms. The Morgan fingerprint density at radius 1 is 1.14 bits per heavy atom. The van der Waals surface area contributed by atoms with Crippen LogP contribution in [0, 0.1) is 6.92 Å². The van der Waals surface area contributed by atoms with Crippen LogP contribution in [-0.2, 0) is 6.42 Å². The third-order valence-electron chi connectivity index (χ3n) is 4.43. The van der Waals surface area contributed by atoms with Gasteiger partial charge in [0.25, 0.3) is 0 Å². The lowest BCUT2D eigenvalue weighted by molar-refractivity contribution is 0.222. The van der Waals surface area contributed by atoms with Crippen molar-refractivity contribution in [2.24, 2.45) is 0 Å². The molecule has 116 valence electrons. The van der Waals surface area contributed by atoms with E-state index in [1.54, 1.807) is 0 Å². The molecule has 1 aliphatic rings. The van der Waals surface area contributed by atoms with E-state index < -0.39 is 0 Å². The Labute approximate surface area is 132 Å². The van der Waals surface area contributed by atoms with Crippen LogP contribution in [0.15, 0.2) is 30.3 Å². The van der Waals surface area contributed by atoms with Crippen LogP contribution in [0.4, 0.5) is 0 Å². The monoisotopic (exact) mass is 296 g/mol. The third kappa shape index (κ3) is 2.70. The van der Waals surface area contributed by atoms with E-state index in [-0.39, 0.29) is 6.10 Å². The number of benzene rings is 2. The first-order chi connectivity index (χ1) is 10.6. The van der Waals surface area contributed by atoms with E-state index in [2.05, 4.69) is 45.0 Å². The minimum Gasteiger partial charge on any atom is -0.507 e. The van der Waals surface area contributed by atoms with Crippen molar-refractivity contribution in [3.05, 3.63) is 47.0 Å². The van der Waals surface area contributed by atoms with E-state index in [9.17, 15) is 5.11 Å². The van der Waals surface area contributed by atoms with E-state index in [0.29, 0.717) is 5.75 Å². The quantitative estimate of drug-likeness (QED) is 0.749. The molecular formula is C20H24O2. The molecule has 0 aliphatic carbocycles. The normalized spacial score (nSPS) is 15.9. The number of phenols is 1. The zero-order valence-corrected chi connectivity index (χ0v) is 13.6. The average molecular weight is 296 g/mol. The molecule has 2 heteroatoms. The van der Waals surface area contributed by atoms with Crippen LogP contribution in [-0.4, -0.2) is 5.11 Å². The number of hydrogen-bond donors (Lipinski definition) is 1. The van der Waals surface area contributed by atoms with Crippen LogP contribution in [0.2, 0.25) is 0 Å². The van der Waals surface area contributed by atoms with Gasteiger partial charge in [0.05, 0.1) is 5.56 Å². The highest BCUT2D eigenvalue weighted by molar-refractivity contribution is 5.81. The first kappa shape index (κ1) is 15.0. The second-order valence-electron chi connectivity index (χ2n) is 6.30. The van der Waals surface area contributed by atoms with Crippen molar-refractivity contribution in [3.63, 3.8) is 0 Å². The van der Waals surface area contributed by atoms with Gasteiger partial charge in [-0.15, -0.1) is 0 Å². The van der Waals surface area contributed by atoms with E-state index in [4.69, 9.17) is 4.74 Å². The second-order valence-corrected chi connectivity index (χ2v) is 6.30. The molecule has 0 fully saturated rings. The topological polar surface area (TPSA) is 29.5 Å². The first-order valence-electron chi connectivity index (χ1n) is 8.23. The molecule has 1 aliphatic heterocycles. The number of hydrogen-bond acceptors (Lipinski definition) is 2. The van der Waals surface area contributed by atoms with Crippen LogP contribution < -0.4 is 4.74 Å². The van der Waals surface area contributed by atoms with Crippen molar-refractivity contribution in [1.29, 1.82) is 0 Å². The van der Waals surface area contributed by atoms with Gasteiger partial charge in [0.15, 0.2) is 0 Å². The van der Waals surface area contributed by atoms with Gasteiger partial charge in [-0.3, -0.25) is 0 Å². The van der Waals surface area contributed by atoms with Gasteiger partial charge in [0.2, 0.25) is 0 Å². The Morgan fingerprint density at radius 3 is 2.73 bits per heavy atom. The number of aromatic hydroxyl groups is 1. The molecule has 1 N–H and O–H groups in total. The molecule has 1 unspecified atom stereocenters. The van der Waals surface area contributed by atoms with Crippen LogP contribution in [0.1, 0.15) is 55.9 Å². The first-order valence-corrected chi connectivity index (χ1v) is 8.23. The fourth-order valence-electron chi connectivity index (χ4n) is 3.24. The Kier molecular flexibility index (Phi) is 4.10. The molecular weight excluding hydrogens is 272 g/mol. The summed E-state index contributed by atoms with van der Waals surface area (Å²) in [5.74, 6) is 1.15. The molecule has 0 radical (unpaired) electrons. The second kappa shape index (κ2) is 6.04. The summed E-state index contributed by atoms with van der Waals surface area (Å²) in [5, 5.41) is 10.5. The van der Waals surface area contributed by atoms with Crippen molar-refractivity contribution >= 4 is 0 Å². The third-order valence-corrected chi connectivity index (χ3v) is 4.43. The van der Waals surface area contributed by atoms with Gasteiger partial charge in [-0.1, -0.05) is 43.5 Å². The highest BCUT2D eigenvalue weighted by Gasteiger charge is 2.26. The van der Waals surface area contributed by atoms with Gasteiger partial charge >= 0.3 is 0 Å². The Morgan fingerprint density at radius 2 is 1.95 bits per heavy atom. The number of unbranched alkanes of at least 4 members (excludes halogenated alkanes) is 2. The molecule has 1 heterocycles. The summed E-state index contributed by atoms with van der Waals surface area (Å²) in [6.45, 7) is 6.35.